The van der Waals surface area contributed by atoms with Crippen LogP contribution in [0.5, 0.6) is 0 Å². The Hall–Kier alpha value is -0.0900. The molecule has 2 heteroatoms. The van der Waals surface area contributed by atoms with E-state index in [1.807, 2.05) is 0 Å². The van der Waals surface area contributed by atoms with Crippen LogP contribution < -0.4 is 0 Å². The van der Waals surface area contributed by atoms with Crippen LogP contribution in [0.2, 0.25) is 0 Å². The molecule has 0 saturated carbocycles. The molecule has 1 unspecified atom stereocenters. The highest BCUT2D eigenvalue weighted by molar-refractivity contribution is 14.1. The molecule has 1 nitrogen and oxygen atoms in total. The summed E-state index contributed by atoms with van der Waals surface area (Å²) in [6, 6.07) is 8.55. The van der Waals surface area contributed by atoms with E-state index in [4.69, 9.17) is 4.74 Å². The van der Waals surface area contributed by atoms with E-state index in [1.165, 1.54) is 11.1 Å². The van der Waals surface area contributed by atoms with Crippen LogP contribution in [-0.2, 0) is 4.74 Å². The van der Waals surface area contributed by atoms with Crippen molar-refractivity contribution >= 4 is 22.6 Å². The molecule has 0 aliphatic rings. The van der Waals surface area contributed by atoms with Gasteiger partial charge in [0, 0.05) is 4.43 Å². The number of rotatable bonds is 3. The Balaban J connectivity index is 2.83. The van der Waals surface area contributed by atoms with Crippen molar-refractivity contribution in [2.75, 3.05) is 4.43 Å². The van der Waals surface area contributed by atoms with E-state index < -0.39 is 0 Å². The van der Waals surface area contributed by atoms with Gasteiger partial charge in [0.1, 0.15) is 0 Å². The van der Waals surface area contributed by atoms with Gasteiger partial charge in [0.05, 0.1) is 11.7 Å². The van der Waals surface area contributed by atoms with Gasteiger partial charge in [-0.2, -0.15) is 0 Å². The minimum absolute atomic E-state index is 0.0837. The Labute approximate surface area is 106 Å². The second-order valence-electron chi connectivity index (χ2n) is 4.79. The van der Waals surface area contributed by atoms with Gasteiger partial charge in [0.15, 0.2) is 0 Å². The summed E-state index contributed by atoms with van der Waals surface area (Å²) in [5.74, 6) is 0. The van der Waals surface area contributed by atoms with Crippen molar-refractivity contribution in [2.45, 2.75) is 39.4 Å². The summed E-state index contributed by atoms with van der Waals surface area (Å²) in [4.78, 5) is 0. The molecule has 0 bridgehead atoms. The third-order valence-corrected chi connectivity index (χ3v) is 2.85. The van der Waals surface area contributed by atoms with Crippen molar-refractivity contribution in [1.29, 1.82) is 0 Å². The third-order valence-electron chi connectivity index (χ3n) is 2.05. The topological polar surface area (TPSA) is 9.23 Å². The monoisotopic (exact) mass is 318 g/mol. The molecule has 0 heterocycles. The largest absolute Gasteiger partial charge is 0.367 e. The number of hydrogen-bond donors (Lipinski definition) is 0. The molecule has 0 aromatic heterocycles. The van der Waals surface area contributed by atoms with Crippen LogP contribution in [0.3, 0.4) is 0 Å². The average Bonchev–Trinajstić information content (AvgIpc) is 2.13. The molecule has 0 fully saturated rings. The Morgan fingerprint density at radius 3 is 2.47 bits per heavy atom. The second kappa shape index (κ2) is 5.30. The fourth-order valence-electron chi connectivity index (χ4n) is 1.49. The molecule has 1 aromatic rings. The number of hydrogen-bond acceptors (Lipinski definition) is 1. The number of alkyl halides is 1. The fraction of sp³-hybridized carbons (Fsp3) is 0.538. The summed E-state index contributed by atoms with van der Waals surface area (Å²) in [7, 11) is 0. The summed E-state index contributed by atoms with van der Waals surface area (Å²) in [6.45, 7) is 8.41. The van der Waals surface area contributed by atoms with Gasteiger partial charge >= 0.3 is 0 Å². The van der Waals surface area contributed by atoms with E-state index in [0.29, 0.717) is 0 Å². The molecule has 1 atom stereocenters. The fourth-order valence-corrected chi connectivity index (χ4v) is 2.17. The first kappa shape index (κ1) is 13.0. The van der Waals surface area contributed by atoms with Crippen molar-refractivity contribution in [3.8, 4) is 0 Å². The molecule has 1 rings (SSSR count). The molecular weight excluding hydrogens is 299 g/mol. The summed E-state index contributed by atoms with van der Waals surface area (Å²) in [5.41, 5.74) is 2.48. The second-order valence-corrected chi connectivity index (χ2v) is 5.67. The molecule has 1 aromatic carbocycles. The van der Waals surface area contributed by atoms with Crippen LogP contribution in [-0.4, -0.2) is 10.0 Å². The number of aryl methyl sites for hydroxylation is 1. The molecule has 15 heavy (non-hydrogen) atoms. The highest BCUT2D eigenvalue weighted by Crippen LogP contribution is 2.26. The number of benzene rings is 1. The Morgan fingerprint density at radius 1 is 1.33 bits per heavy atom. The van der Waals surface area contributed by atoms with E-state index in [-0.39, 0.29) is 11.7 Å². The van der Waals surface area contributed by atoms with Crippen molar-refractivity contribution in [2.24, 2.45) is 0 Å². The van der Waals surface area contributed by atoms with Gasteiger partial charge in [-0.1, -0.05) is 52.4 Å². The minimum Gasteiger partial charge on any atom is -0.367 e. The Morgan fingerprint density at radius 2 is 2.00 bits per heavy atom. The van der Waals surface area contributed by atoms with Crippen LogP contribution >= 0.6 is 22.6 Å². The van der Waals surface area contributed by atoms with Crippen LogP contribution in [0.25, 0.3) is 0 Å². The highest BCUT2D eigenvalue weighted by atomic mass is 127. The predicted octanol–water partition coefficient (Wildman–Crippen LogP) is 4.29. The number of ether oxygens (including phenoxy) is 1. The molecule has 84 valence electrons. The normalized spacial score (nSPS) is 13.9. The van der Waals surface area contributed by atoms with Crippen molar-refractivity contribution < 1.29 is 4.74 Å². The summed E-state index contributed by atoms with van der Waals surface area (Å²) < 4.78 is 7.01. The first-order valence-corrected chi connectivity index (χ1v) is 6.75. The molecule has 0 aliphatic carbocycles. The van der Waals surface area contributed by atoms with Crippen LogP contribution in [0.1, 0.15) is 38.0 Å². The van der Waals surface area contributed by atoms with Gasteiger partial charge in [0.2, 0.25) is 0 Å². The first-order valence-electron chi connectivity index (χ1n) is 5.23. The zero-order valence-corrected chi connectivity index (χ0v) is 12.0. The summed E-state index contributed by atoms with van der Waals surface area (Å²) >= 11 is 2.38. The van der Waals surface area contributed by atoms with Crippen molar-refractivity contribution in [3.05, 3.63) is 35.4 Å². The lowest BCUT2D eigenvalue weighted by Gasteiger charge is -2.26. The average molecular weight is 318 g/mol. The Kier molecular flexibility index (Phi) is 4.59. The molecule has 0 aliphatic heterocycles. The van der Waals surface area contributed by atoms with Gasteiger partial charge < -0.3 is 4.74 Å². The van der Waals surface area contributed by atoms with Gasteiger partial charge in [-0.05, 0) is 33.3 Å². The van der Waals surface area contributed by atoms with E-state index in [9.17, 15) is 0 Å². The number of halogens is 1. The molecule has 0 radical (unpaired) electrons. The minimum atomic E-state index is -0.0837. The SMILES string of the molecule is Cc1cccc(C(CI)OC(C)(C)C)c1. The molecule has 0 spiro atoms. The smallest absolute Gasteiger partial charge is 0.0921 e. The quantitative estimate of drug-likeness (QED) is 0.597. The zero-order valence-electron chi connectivity index (χ0n) is 9.88. The zero-order chi connectivity index (χ0) is 11.5. The van der Waals surface area contributed by atoms with Crippen LogP contribution in [0, 0.1) is 6.92 Å². The van der Waals surface area contributed by atoms with Crippen molar-refractivity contribution in [3.63, 3.8) is 0 Å². The lowest BCUT2D eigenvalue weighted by Crippen LogP contribution is -2.23. The maximum absolute atomic E-state index is 6.02. The predicted molar refractivity (Wildman–Crippen MR) is 73.6 cm³/mol. The van der Waals surface area contributed by atoms with Crippen LogP contribution in [0.4, 0.5) is 0 Å². The highest BCUT2D eigenvalue weighted by Gasteiger charge is 2.19. The first-order chi connectivity index (χ1) is 6.92. The summed E-state index contributed by atoms with van der Waals surface area (Å²) in [5, 5.41) is 0. The van der Waals surface area contributed by atoms with Gasteiger partial charge in [-0.25, -0.2) is 0 Å². The third kappa shape index (κ3) is 4.51. The molecule has 0 N–H and O–H groups in total. The van der Waals surface area contributed by atoms with Gasteiger partial charge in [0.25, 0.3) is 0 Å². The lowest BCUT2D eigenvalue weighted by molar-refractivity contribution is -0.0494. The van der Waals surface area contributed by atoms with Crippen LogP contribution in [0.15, 0.2) is 24.3 Å². The molecule has 0 saturated heterocycles. The van der Waals surface area contributed by atoms with E-state index in [0.717, 1.165) is 4.43 Å². The molecular formula is C13H19IO. The van der Waals surface area contributed by atoms with E-state index in [2.05, 4.69) is 74.6 Å². The molecule has 0 amide bonds. The maximum Gasteiger partial charge on any atom is 0.0921 e. The maximum atomic E-state index is 6.02. The summed E-state index contributed by atoms with van der Waals surface area (Å²) in [6.07, 6.45) is 0.200. The van der Waals surface area contributed by atoms with E-state index >= 15 is 0 Å². The Bertz CT molecular complexity index is 315. The van der Waals surface area contributed by atoms with Gasteiger partial charge in [-0.15, -0.1) is 0 Å². The van der Waals surface area contributed by atoms with E-state index in [1.54, 1.807) is 0 Å². The van der Waals surface area contributed by atoms with Crippen molar-refractivity contribution in [1.82, 2.24) is 0 Å². The standard InChI is InChI=1S/C13H19IO/c1-10-6-5-7-11(8-10)12(9-14)15-13(2,3)4/h5-8,12H,9H2,1-4H3. The lowest BCUT2D eigenvalue weighted by atomic mass is 10.1. The van der Waals surface area contributed by atoms with Gasteiger partial charge in [-0.3, -0.25) is 0 Å².